The largest absolute Gasteiger partial charge is 0.440 e. The molecule has 3 nitrogen and oxygen atoms in total. The van der Waals surface area contributed by atoms with E-state index in [1.807, 2.05) is 6.07 Å². The van der Waals surface area contributed by atoms with Crippen molar-refractivity contribution in [2.45, 2.75) is 51.4 Å². The molecule has 0 unspecified atom stereocenters. The Hall–Kier alpha value is -1.51. The number of aromatic nitrogens is 1. The van der Waals surface area contributed by atoms with E-state index in [4.69, 9.17) is 4.42 Å². The van der Waals surface area contributed by atoms with Crippen molar-refractivity contribution in [3.63, 3.8) is 0 Å². The Bertz CT molecular complexity index is 543. The molecule has 1 saturated carbocycles. The molecule has 0 saturated heterocycles. The van der Waals surface area contributed by atoms with Gasteiger partial charge in [0.1, 0.15) is 5.52 Å². The van der Waals surface area contributed by atoms with Crippen LogP contribution < -0.4 is 5.32 Å². The lowest BCUT2D eigenvalue weighted by atomic mass is 10.2. The molecule has 1 aromatic heterocycles. The predicted molar refractivity (Wildman–Crippen MR) is 78.6 cm³/mol. The first-order valence-corrected chi connectivity index (χ1v) is 7.51. The molecule has 1 aliphatic rings. The first kappa shape index (κ1) is 12.5. The summed E-state index contributed by atoms with van der Waals surface area (Å²) in [5, 5.41) is 3.47. The molecule has 0 spiro atoms. The third-order valence-corrected chi connectivity index (χ3v) is 3.69. The summed E-state index contributed by atoms with van der Waals surface area (Å²) in [5.41, 5.74) is 3.05. The van der Waals surface area contributed by atoms with Gasteiger partial charge in [-0.1, -0.05) is 26.2 Å². The summed E-state index contributed by atoms with van der Waals surface area (Å²) >= 11 is 0. The van der Waals surface area contributed by atoms with Gasteiger partial charge in [0.25, 0.3) is 0 Å². The number of rotatable bonds is 7. The summed E-state index contributed by atoms with van der Waals surface area (Å²) in [4.78, 5) is 4.59. The van der Waals surface area contributed by atoms with E-state index in [1.54, 1.807) is 0 Å². The van der Waals surface area contributed by atoms with Crippen LogP contribution in [0.2, 0.25) is 0 Å². The van der Waals surface area contributed by atoms with Gasteiger partial charge in [-0.2, -0.15) is 0 Å². The zero-order chi connectivity index (χ0) is 13.1. The molecular formula is C16H22N2O. The van der Waals surface area contributed by atoms with Crippen molar-refractivity contribution in [1.82, 2.24) is 4.98 Å². The van der Waals surface area contributed by atoms with Crippen LogP contribution >= 0.6 is 0 Å². The van der Waals surface area contributed by atoms with Crippen LogP contribution in [0, 0.1) is 0 Å². The molecule has 0 bridgehead atoms. The SMILES string of the molecule is CCCCCCNc1ccc2oc(C3CC3)nc2c1. The molecule has 1 aliphatic carbocycles. The Balaban J connectivity index is 1.60. The topological polar surface area (TPSA) is 38.1 Å². The van der Waals surface area contributed by atoms with E-state index in [0.717, 1.165) is 29.2 Å². The van der Waals surface area contributed by atoms with Crippen LogP contribution in [-0.2, 0) is 0 Å². The minimum absolute atomic E-state index is 0.581. The van der Waals surface area contributed by atoms with Gasteiger partial charge in [-0.15, -0.1) is 0 Å². The first-order chi connectivity index (χ1) is 9.36. The van der Waals surface area contributed by atoms with Crippen LogP contribution in [-0.4, -0.2) is 11.5 Å². The molecule has 2 aromatic rings. The van der Waals surface area contributed by atoms with E-state index < -0.39 is 0 Å². The van der Waals surface area contributed by atoms with Crippen molar-refractivity contribution in [2.75, 3.05) is 11.9 Å². The van der Waals surface area contributed by atoms with Crippen LogP contribution in [0.25, 0.3) is 11.1 Å². The molecular weight excluding hydrogens is 236 g/mol. The second-order valence-corrected chi connectivity index (χ2v) is 5.50. The van der Waals surface area contributed by atoms with Crippen LogP contribution in [0.3, 0.4) is 0 Å². The maximum atomic E-state index is 5.77. The lowest BCUT2D eigenvalue weighted by molar-refractivity contribution is 0.533. The molecule has 1 aromatic carbocycles. The predicted octanol–water partition coefficient (Wildman–Crippen LogP) is 4.70. The van der Waals surface area contributed by atoms with Crippen molar-refractivity contribution >= 4 is 16.8 Å². The number of nitrogens with zero attached hydrogens (tertiary/aromatic N) is 1. The average molecular weight is 258 g/mol. The number of oxazole rings is 1. The van der Waals surface area contributed by atoms with Gasteiger partial charge in [0.2, 0.25) is 0 Å². The summed E-state index contributed by atoms with van der Waals surface area (Å²) in [6, 6.07) is 6.22. The second-order valence-electron chi connectivity index (χ2n) is 5.50. The highest BCUT2D eigenvalue weighted by Crippen LogP contribution is 2.40. The van der Waals surface area contributed by atoms with Gasteiger partial charge in [-0.05, 0) is 37.5 Å². The van der Waals surface area contributed by atoms with E-state index in [9.17, 15) is 0 Å². The van der Waals surface area contributed by atoms with Crippen LogP contribution in [0.5, 0.6) is 0 Å². The summed E-state index contributed by atoms with van der Waals surface area (Å²) in [6.07, 6.45) is 7.62. The third kappa shape index (κ3) is 3.09. The fraction of sp³-hybridized carbons (Fsp3) is 0.562. The molecule has 1 N–H and O–H groups in total. The molecule has 1 heterocycles. The Labute approximate surface area is 114 Å². The third-order valence-electron chi connectivity index (χ3n) is 3.69. The van der Waals surface area contributed by atoms with Gasteiger partial charge < -0.3 is 9.73 Å². The molecule has 3 rings (SSSR count). The number of unbranched alkanes of at least 4 members (excludes halogenated alkanes) is 3. The van der Waals surface area contributed by atoms with E-state index in [2.05, 4.69) is 29.4 Å². The minimum atomic E-state index is 0.581. The van der Waals surface area contributed by atoms with Gasteiger partial charge >= 0.3 is 0 Å². The zero-order valence-electron chi connectivity index (χ0n) is 11.6. The molecule has 0 radical (unpaired) electrons. The lowest BCUT2D eigenvalue weighted by Crippen LogP contribution is -2.00. The summed E-state index contributed by atoms with van der Waals surface area (Å²) in [7, 11) is 0. The number of hydrogen-bond acceptors (Lipinski definition) is 3. The molecule has 3 heteroatoms. The Morgan fingerprint density at radius 3 is 2.95 bits per heavy atom. The molecule has 102 valence electrons. The highest BCUT2D eigenvalue weighted by atomic mass is 16.3. The Kier molecular flexibility index (Phi) is 3.72. The smallest absolute Gasteiger partial charge is 0.198 e. The van der Waals surface area contributed by atoms with E-state index in [-0.39, 0.29) is 0 Å². The standard InChI is InChI=1S/C16H22N2O/c1-2-3-4-5-10-17-13-8-9-15-14(11-13)18-16(19-15)12-6-7-12/h8-9,11-12,17H,2-7,10H2,1H3. The highest BCUT2D eigenvalue weighted by Gasteiger charge is 2.28. The van der Waals surface area contributed by atoms with Crippen LogP contribution in [0.1, 0.15) is 57.3 Å². The molecule has 1 fully saturated rings. The molecule has 0 amide bonds. The Morgan fingerprint density at radius 2 is 2.16 bits per heavy atom. The quantitative estimate of drug-likeness (QED) is 0.732. The number of fused-ring (bicyclic) bond motifs is 1. The van der Waals surface area contributed by atoms with Gasteiger partial charge in [0, 0.05) is 18.2 Å². The maximum absolute atomic E-state index is 5.77. The van der Waals surface area contributed by atoms with Crippen molar-refractivity contribution in [3.05, 3.63) is 24.1 Å². The number of benzene rings is 1. The number of anilines is 1. The summed E-state index contributed by atoms with van der Waals surface area (Å²) < 4.78 is 5.77. The minimum Gasteiger partial charge on any atom is -0.440 e. The van der Waals surface area contributed by atoms with E-state index >= 15 is 0 Å². The van der Waals surface area contributed by atoms with Gasteiger partial charge in [-0.3, -0.25) is 0 Å². The molecule has 0 aliphatic heterocycles. The Morgan fingerprint density at radius 1 is 1.26 bits per heavy atom. The summed E-state index contributed by atoms with van der Waals surface area (Å²) in [6.45, 7) is 3.28. The molecule has 19 heavy (non-hydrogen) atoms. The second kappa shape index (κ2) is 5.64. The van der Waals surface area contributed by atoms with Crippen LogP contribution in [0.4, 0.5) is 5.69 Å². The molecule has 0 atom stereocenters. The number of hydrogen-bond donors (Lipinski definition) is 1. The normalized spacial score (nSPS) is 15.0. The summed E-state index contributed by atoms with van der Waals surface area (Å²) in [5.74, 6) is 1.51. The van der Waals surface area contributed by atoms with Crippen molar-refractivity contribution in [1.29, 1.82) is 0 Å². The lowest BCUT2D eigenvalue weighted by Gasteiger charge is -2.05. The average Bonchev–Trinajstić information content (AvgIpc) is 3.18. The number of nitrogens with one attached hydrogen (secondary N) is 1. The van der Waals surface area contributed by atoms with Gasteiger partial charge in [-0.25, -0.2) is 4.98 Å². The maximum Gasteiger partial charge on any atom is 0.198 e. The van der Waals surface area contributed by atoms with E-state index in [1.165, 1.54) is 38.5 Å². The highest BCUT2D eigenvalue weighted by molar-refractivity contribution is 5.77. The van der Waals surface area contributed by atoms with Crippen molar-refractivity contribution in [3.8, 4) is 0 Å². The first-order valence-electron chi connectivity index (χ1n) is 7.51. The fourth-order valence-electron chi connectivity index (χ4n) is 2.34. The monoisotopic (exact) mass is 258 g/mol. The van der Waals surface area contributed by atoms with Crippen molar-refractivity contribution in [2.24, 2.45) is 0 Å². The van der Waals surface area contributed by atoms with E-state index in [0.29, 0.717) is 5.92 Å². The van der Waals surface area contributed by atoms with Crippen LogP contribution in [0.15, 0.2) is 22.6 Å². The van der Waals surface area contributed by atoms with Gasteiger partial charge in [0.15, 0.2) is 11.5 Å². The van der Waals surface area contributed by atoms with Crippen molar-refractivity contribution < 1.29 is 4.42 Å². The fourth-order valence-corrected chi connectivity index (χ4v) is 2.34. The zero-order valence-corrected chi connectivity index (χ0v) is 11.6. The van der Waals surface area contributed by atoms with Gasteiger partial charge in [0.05, 0.1) is 0 Å².